The Balaban J connectivity index is 2.62. The zero-order chi connectivity index (χ0) is 4.12. The Morgan fingerprint density at radius 2 is 2.40 bits per heavy atom. The molecule has 0 aromatic heterocycles. The van der Waals surface area contributed by atoms with Crippen LogP contribution in [-0.2, 0) is 20.4 Å². The molecule has 0 fully saturated rings. The number of hydrogen-bond acceptors (Lipinski definition) is 0. The summed E-state index contributed by atoms with van der Waals surface area (Å²) in [5, 5.41) is 0. The van der Waals surface area contributed by atoms with Crippen LogP contribution in [0.25, 0.3) is 0 Å². The van der Waals surface area contributed by atoms with Gasteiger partial charge in [0.1, 0.15) is 0 Å². The van der Waals surface area contributed by atoms with Crippen LogP contribution in [0.2, 0.25) is 4.73 Å². The molecule has 0 atom stereocenters. The maximum atomic E-state index is 2.12. The average molecular weight is 103 g/mol. The van der Waals surface area contributed by atoms with Gasteiger partial charge in [0.15, 0.2) is 0 Å². The van der Waals surface area contributed by atoms with E-state index < -0.39 is 0 Å². The summed E-state index contributed by atoms with van der Waals surface area (Å²) in [5.41, 5.74) is 0. The summed E-state index contributed by atoms with van der Waals surface area (Å²) in [6.07, 6.45) is 4.18. The summed E-state index contributed by atoms with van der Waals surface area (Å²) in [4.78, 5) is 0. The van der Waals surface area contributed by atoms with Gasteiger partial charge in [-0.1, -0.05) is 0 Å². The van der Waals surface area contributed by atoms with Crippen LogP contribution in [0, 0.1) is 0 Å². The molecular weight excluding hydrogens is 95.9 g/mol. The van der Waals surface area contributed by atoms with Gasteiger partial charge in [-0.3, -0.25) is 0 Å². The van der Waals surface area contributed by atoms with E-state index in [4.69, 9.17) is 0 Å². The molecule has 0 aliphatic heterocycles. The zero-order valence-corrected chi connectivity index (χ0v) is 4.92. The Morgan fingerprint density at radius 3 is 2.40 bits per heavy atom. The second kappa shape index (κ2) is 4.45. The van der Waals surface area contributed by atoms with E-state index in [1.807, 2.05) is 6.92 Å². The molecule has 1 heteroatoms. The molecule has 0 amide bonds. The van der Waals surface area contributed by atoms with Gasteiger partial charge in [-0.25, -0.2) is 0 Å². The molecule has 5 heavy (non-hydrogen) atoms. The quantitative estimate of drug-likeness (QED) is 0.348. The molecule has 0 nitrogen and oxygen atoms in total. The Labute approximate surface area is 44.7 Å². The van der Waals surface area contributed by atoms with E-state index in [2.05, 4.69) is 32.6 Å². The van der Waals surface area contributed by atoms with Gasteiger partial charge in [0.25, 0.3) is 0 Å². The van der Waals surface area contributed by atoms with Crippen molar-refractivity contribution in [2.45, 2.75) is 11.6 Å². The summed E-state index contributed by atoms with van der Waals surface area (Å²) < 4.78 is 1.16. The first-order chi connectivity index (χ1) is 2.41. The summed E-state index contributed by atoms with van der Waals surface area (Å²) in [6.45, 7) is 2.03. The molecule has 0 bridgehead atoms. The third-order valence-corrected chi connectivity index (χ3v) is 0.722. The van der Waals surface area contributed by atoms with Gasteiger partial charge in [-0.05, 0) is 0 Å². The van der Waals surface area contributed by atoms with Gasteiger partial charge >= 0.3 is 44.2 Å². The van der Waals surface area contributed by atoms with Crippen molar-refractivity contribution < 1.29 is 20.4 Å². The fraction of sp³-hybridized carbons (Fsp3) is 0.500. The van der Waals surface area contributed by atoms with Gasteiger partial charge in [-0.15, -0.1) is 0 Å². The van der Waals surface area contributed by atoms with E-state index >= 15 is 0 Å². The molecule has 0 rings (SSSR count). The standard InChI is InChI=1S/C4H7.Ti/c1-3-4-2;/h3-4H,1H2,2H3;. The SMILES string of the molecule is CC=C[CH2][Ti]. The fourth-order valence-electron chi connectivity index (χ4n) is 0.118. The Kier molecular flexibility index (Phi) is 4.86. The van der Waals surface area contributed by atoms with Crippen LogP contribution in [0.5, 0.6) is 0 Å². The number of rotatable bonds is 1. The van der Waals surface area contributed by atoms with Crippen LogP contribution in [0.4, 0.5) is 0 Å². The van der Waals surface area contributed by atoms with Gasteiger partial charge in [0.2, 0.25) is 0 Å². The molecular formula is C4H7Ti. The van der Waals surface area contributed by atoms with Crippen molar-refractivity contribution in [3.05, 3.63) is 12.2 Å². The maximum absolute atomic E-state index is 2.12. The zero-order valence-electron chi connectivity index (χ0n) is 3.36. The second-order valence-electron chi connectivity index (χ2n) is 0.773. The molecule has 0 heterocycles. The van der Waals surface area contributed by atoms with E-state index in [-0.39, 0.29) is 0 Å². The summed E-state index contributed by atoms with van der Waals surface area (Å²) in [7, 11) is 0. The predicted molar refractivity (Wildman–Crippen MR) is 19.6 cm³/mol. The molecule has 0 unspecified atom stereocenters. The Bertz CT molecular complexity index is 30.6. The van der Waals surface area contributed by atoms with Crippen LogP contribution in [0.3, 0.4) is 0 Å². The first-order valence-corrected chi connectivity index (χ1v) is 2.78. The normalized spacial score (nSPS) is 9.60. The van der Waals surface area contributed by atoms with E-state index in [1.165, 1.54) is 0 Å². The molecule has 0 spiro atoms. The minimum absolute atomic E-state index is 1.16. The molecule has 0 aliphatic carbocycles. The number of allylic oxidation sites excluding steroid dienone is 2. The molecule has 0 saturated heterocycles. The van der Waals surface area contributed by atoms with Crippen LogP contribution in [0.1, 0.15) is 6.92 Å². The molecule has 0 aromatic rings. The van der Waals surface area contributed by atoms with Crippen molar-refractivity contribution in [2.24, 2.45) is 0 Å². The molecule has 0 saturated carbocycles. The fourth-order valence-corrected chi connectivity index (χ4v) is 0.486. The van der Waals surface area contributed by atoms with Crippen molar-refractivity contribution in [1.82, 2.24) is 0 Å². The molecule has 0 radical (unpaired) electrons. The van der Waals surface area contributed by atoms with Crippen molar-refractivity contribution >= 4 is 0 Å². The van der Waals surface area contributed by atoms with Crippen LogP contribution < -0.4 is 0 Å². The molecule has 0 aromatic carbocycles. The Hall–Kier alpha value is 0.454. The summed E-state index contributed by atoms with van der Waals surface area (Å²) in [6, 6.07) is 0. The average Bonchev–Trinajstić information content (AvgIpc) is 1.41. The van der Waals surface area contributed by atoms with E-state index in [0.29, 0.717) is 0 Å². The van der Waals surface area contributed by atoms with Crippen LogP contribution in [0.15, 0.2) is 12.2 Å². The van der Waals surface area contributed by atoms with Crippen molar-refractivity contribution in [3.63, 3.8) is 0 Å². The van der Waals surface area contributed by atoms with E-state index in [0.717, 1.165) is 4.73 Å². The van der Waals surface area contributed by atoms with Gasteiger partial charge in [0.05, 0.1) is 0 Å². The predicted octanol–water partition coefficient (Wildman–Crippen LogP) is 1.53. The second-order valence-corrected chi connectivity index (χ2v) is 1.41. The monoisotopic (exact) mass is 103 g/mol. The molecule has 0 aliphatic rings. The van der Waals surface area contributed by atoms with Crippen molar-refractivity contribution in [2.75, 3.05) is 0 Å². The van der Waals surface area contributed by atoms with Crippen LogP contribution in [-0.4, -0.2) is 0 Å². The Morgan fingerprint density at radius 1 is 1.80 bits per heavy atom. The molecule has 0 N–H and O–H groups in total. The topological polar surface area (TPSA) is 0 Å². The third-order valence-electron chi connectivity index (χ3n) is 0.354. The minimum atomic E-state index is 1.16. The third kappa shape index (κ3) is 4.45. The van der Waals surface area contributed by atoms with Gasteiger partial charge < -0.3 is 0 Å². The van der Waals surface area contributed by atoms with E-state index in [9.17, 15) is 0 Å². The summed E-state index contributed by atoms with van der Waals surface area (Å²) >= 11 is 2.12. The van der Waals surface area contributed by atoms with Gasteiger partial charge in [-0.2, -0.15) is 0 Å². The van der Waals surface area contributed by atoms with Crippen LogP contribution >= 0.6 is 0 Å². The van der Waals surface area contributed by atoms with Crippen molar-refractivity contribution in [1.29, 1.82) is 0 Å². The van der Waals surface area contributed by atoms with Gasteiger partial charge in [0, 0.05) is 0 Å². The van der Waals surface area contributed by atoms with E-state index in [1.54, 1.807) is 0 Å². The van der Waals surface area contributed by atoms with Crippen molar-refractivity contribution in [3.8, 4) is 0 Å². The first-order valence-electron chi connectivity index (χ1n) is 1.67. The molecule has 27 valence electrons. The summed E-state index contributed by atoms with van der Waals surface area (Å²) in [5.74, 6) is 0. The number of hydrogen-bond donors (Lipinski definition) is 0. The first kappa shape index (κ1) is 5.45.